The van der Waals surface area contributed by atoms with Gasteiger partial charge in [0.25, 0.3) is 5.91 Å². The summed E-state index contributed by atoms with van der Waals surface area (Å²) < 4.78 is 5.12. The second-order valence-electron chi connectivity index (χ2n) is 8.40. The fourth-order valence-electron chi connectivity index (χ4n) is 4.44. The number of carbonyl (C=O) groups excluding carboxylic acids is 2. The number of piperidine rings is 1. The van der Waals surface area contributed by atoms with Crippen molar-refractivity contribution in [3.63, 3.8) is 0 Å². The summed E-state index contributed by atoms with van der Waals surface area (Å²) in [5, 5.41) is 2.89. The number of anilines is 1. The molecule has 2 aliphatic rings. The maximum absolute atomic E-state index is 12.5. The van der Waals surface area contributed by atoms with E-state index in [1.165, 1.54) is 7.11 Å². The summed E-state index contributed by atoms with van der Waals surface area (Å²) in [6.07, 6.45) is 4.78. The smallest absolute Gasteiger partial charge is 0.311 e. The molecule has 3 heterocycles. The van der Waals surface area contributed by atoms with E-state index in [1.807, 2.05) is 0 Å². The van der Waals surface area contributed by atoms with Crippen LogP contribution in [-0.4, -0.2) is 48.6 Å². The van der Waals surface area contributed by atoms with Crippen LogP contribution in [0.4, 0.5) is 5.82 Å². The SMILES string of the molecule is CCCC1(C(=O)OC)CCN(c2nc(CC(C)C)nc3c2CCNC3=O)CC1. The molecular formula is C21H32N4O3. The maximum atomic E-state index is 12.5. The lowest BCUT2D eigenvalue weighted by atomic mass is 9.75. The highest BCUT2D eigenvalue weighted by Gasteiger charge is 2.42. The van der Waals surface area contributed by atoms with E-state index < -0.39 is 5.41 Å². The van der Waals surface area contributed by atoms with Gasteiger partial charge in [0, 0.05) is 31.6 Å². The average Bonchev–Trinajstić information content (AvgIpc) is 2.68. The van der Waals surface area contributed by atoms with Gasteiger partial charge in [-0.2, -0.15) is 0 Å². The van der Waals surface area contributed by atoms with Gasteiger partial charge in [-0.15, -0.1) is 0 Å². The van der Waals surface area contributed by atoms with Crippen molar-refractivity contribution in [1.82, 2.24) is 15.3 Å². The molecule has 0 unspecified atom stereocenters. The largest absolute Gasteiger partial charge is 0.469 e. The van der Waals surface area contributed by atoms with Crippen LogP contribution in [0.3, 0.4) is 0 Å². The van der Waals surface area contributed by atoms with Crippen LogP contribution >= 0.6 is 0 Å². The van der Waals surface area contributed by atoms with Gasteiger partial charge in [0.15, 0.2) is 0 Å². The van der Waals surface area contributed by atoms with E-state index >= 15 is 0 Å². The molecule has 1 fully saturated rings. The molecule has 1 aromatic heterocycles. The Labute approximate surface area is 167 Å². The van der Waals surface area contributed by atoms with E-state index in [0.717, 1.165) is 68.8 Å². The third kappa shape index (κ3) is 3.98. The molecule has 0 bridgehead atoms. The van der Waals surface area contributed by atoms with E-state index in [4.69, 9.17) is 9.72 Å². The molecule has 0 radical (unpaired) electrons. The minimum Gasteiger partial charge on any atom is -0.469 e. The van der Waals surface area contributed by atoms with Gasteiger partial charge in [-0.25, -0.2) is 9.97 Å². The van der Waals surface area contributed by atoms with Crippen LogP contribution < -0.4 is 10.2 Å². The van der Waals surface area contributed by atoms with Crippen molar-refractivity contribution in [3.05, 3.63) is 17.1 Å². The third-order valence-corrected chi connectivity index (χ3v) is 5.87. The Morgan fingerprint density at radius 3 is 2.61 bits per heavy atom. The molecule has 0 aliphatic carbocycles. The molecule has 1 saturated heterocycles. The van der Waals surface area contributed by atoms with Crippen LogP contribution in [-0.2, 0) is 22.4 Å². The van der Waals surface area contributed by atoms with Crippen LogP contribution in [0.2, 0.25) is 0 Å². The first-order chi connectivity index (χ1) is 13.4. The summed E-state index contributed by atoms with van der Waals surface area (Å²) in [5.41, 5.74) is 1.06. The van der Waals surface area contributed by atoms with Crippen molar-refractivity contribution in [2.24, 2.45) is 11.3 Å². The molecule has 3 rings (SSSR count). The van der Waals surface area contributed by atoms with E-state index in [2.05, 4.69) is 36.0 Å². The monoisotopic (exact) mass is 388 g/mol. The fourth-order valence-corrected chi connectivity index (χ4v) is 4.44. The van der Waals surface area contributed by atoms with Crippen LogP contribution in [0.25, 0.3) is 0 Å². The van der Waals surface area contributed by atoms with Gasteiger partial charge in [-0.3, -0.25) is 9.59 Å². The summed E-state index contributed by atoms with van der Waals surface area (Å²) >= 11 is 0. The Morgan fingerprint density at radius 2 is 2.00 bits per heavy atom. The summed E-state index contributed by atoms with van der Waals surface area (Å²) in [5.74, 6) is 1.81. The molecule has 0 saturated carbocycles. The van der Waals surface area contributed by atoms with Crippen LogP contribution in [0.15, 0.2) is 0 Å². The highest BCUT2D eigenvalue weighted by molar-refractivity contribution is 5.96. The number of esters is 1. The standard InChI is InChI=1S/C21H32N4O3/c1-5-7-21(20(27)28-4)8-11-25(12-9-21)18-15-6-10-22-19(26)17(15)23-16(24-18)13-14(2)3/h14H,5-13H2,1-4H3,(H,22,26). The van der Waals surface area contributed by atoms with E-state index in [9.17, 15) is 9.59 Å². The van der Waals surface area contributed by atoms with Gasteiger partial charge < -0.3 is 15.0 Å². The summed E-state index contributed by atoms with van der Waals surface area (Å²) in [4.78, 5) is 36.5. The lowest BCUT2D eigenvalue weighted by molar-refractivity contribution is -0.154. The van der Waals surface area contributed by atoms with E-state index in [1.54, 1.807) is 0 Å². The van der Waals surface area contributed by atoms with Crippen LogP contribution in [0.5, 0.6) is 0 Å². The Hall–Kier alpha value is -2.18. The van der Waals surface area contributed by atoms with Gasteiger partial charge in [-0.05, 0) is 31.6 Å². The second kappa shape index (κ2) is 8.45. The molecular weight excluding hydrogens is 356 g/mol. The number of carbonyl (C=O) groups is 2. The summed E-state index contributed by atoms with van der Waals surface area (Å²) in [6, 6.07) is 0. The highest BCUT2D eigenvalue weighted by atomic mass is 16.5. The van der Waals surface area contributed by atoms with Crippen LogP contribution in [0, 0.1) is 11.3 Å². The van der Waals surface area contributed by atoms with Crippen molar-refractivity contribution < 1.29 is 14.3 Å². The predicted molar refractivity (Wildman–Crippen MR) is 107 cm³/mol. The number of nitrogens with zero attached hydrogens (tertiary/aromatic N) is 3. The number of amides is 1. The Balaban J connectivity index is 1.90. The number of aromatic nitrogens is 2. The van der Waals surface area contributed by atoms with Gasteiger partial charge >= 0.3 is 5.97 Å². The Morgan fingerprint density at radius 1 is 1.29 bits per heavy atom. The minimum absolute atomic E-state index is 0.0985. The third-order valence-electron chi connectivity index (χ3n) is 5.87. The van der Waals surface area contributed by atoms with Crippen molar-refractivity contribution >= 4 is 17.7 Å². The summed E-state index contributed by atoms with van der Waals surface area (Å²) in [6.45, 7) is 8.44. The maximum Gasteiger partial charge on any atom is 0.311 e. The zero-order valence-electron chi connectivity index (χ0n) is 17.5. The minimum atomic E-state index is -0.398. The first kappa shape index (κ1) is 20.6. The topological polar surface area (TPSA) is 84.4 Å². The number of hydrogen-bond acceptors (Lipinski definition) is 6. The van der Waals surface area contributed by atoms with Crippen molar-refractivity contribution in [3.8, 4) is 0 Å². The number of methoxy groups -OCH3 is 1. The quantitative estimate of drug-likeness (QED) is 0.754. The number of nitrogens with one attached hydrogen (secondary N) is 1. The predicted octanol–water partition coefficient (Wildman–Crippen LogP) is 2.52. The molecule has 154 valence electrons. The molecule has 0 atom stereocenters. The molecule has 7 nitrogen and oxygen atoms in total. The summed E-state index contributed by atoms with van der Waals surface area (Å²) in [7, 11) is 1.48. The van der Waals surface area contributed by atoms with Crippen LogP contribution in [0.1, 0.15) is 68.3 Å². The van der Waals surface area contributed by atoms with Gasteiger partial charge in [0.05, 0.1) is 12.5 Å². The average molecular weight is 389 g/mol. The number of ether oxygens (including phenoxy) is 1. The van der Waals surface area contributed by atoms with Gasteiger partial charge in [0.1, 0.15) is 17.3 Å². The normalized spacial score (nSPS) is 18.6. The molecule has 0 aromatic carbocycles. The molecule has 2 aliphatic heterocycles. The number of hydrogen-bond donors (Lipinski definition) is 1. The zero-order valence-corrected chi connectivity index (χ0v) is 17.5. The lowest BCUT2D eigenvalue weighted by Gasteiger charge is -2.41. The van der Waals surface area contributed by atoms with Gasteiger partial charge in [-0.1, -0.05) is 27.2 Å². The van der Waals surface area contributed by atoms with Crippen molar-refractivity contribution in [1.29, 1.82) is 0 Å². The molecule has 1 aromatic rings. The fraction of sp³-hybridized carbons (Fsp3) is 0.714. The molecule has 1 N–H and O–H groups in total. The second-order valence-corrected chi connectivity index (χ2v) is 8.40. The van der Waals surface area contributed by atoms with E-state index in [0.29, 0.717) is 18.2 Å². The molecule has 0 spiro atoms. The first-order valence-electron chi connectivity index (χ1n) is 10.4. The molecule has 7 heteroatoms. The van der Waals surface area contributed by atoms with Crippen molar-refractivity contribution in [2.45, 2.75) is 59.3 Å². The van der Waals surface area contributed by atoms with Gasteiger partial charge in [0.2, 0.25) is 0 Å². The molecule has 1 amide bonds. The van der Waals surface area contributed by atoms with E-state index in [-0.39, 0.29) is 11.9 Å². The molecule has 28 heavy (non-hydrogen) atoms. The lowest BCUT2D eigenvalue weighted by Crippen LogP contribution is -2.46. The highest BCUT2D eigenvalue weighted by Crippen LogP contribution is 2.39. The number of rotatable bonds is 6. The Bertz CT molecular complexity index is 739. The Kier molecular flexibility index (Phi) is 6.20. The van der Waals surface area contributed by atoms with Crippen molar-refractivity contribution in [2.75, 3.05) is 31.6 Å². The zero-order chi connectivity index (χ0) is 20.3. The first-order valence-corrected chi connectivity index (χ1v) is 10.4. The number of fused-ring (bicyclic) bond motifs is 1.